The summed E-state index contributed by atoms with van der Waals surface area (Å²) in [5, 5.41) is 28.2. The van der Waals surface area contributed by atoms with Gasteiger partial charge in [0, 0.05) is 17.1 Å². The van der Waals surface area contributed by atoms with Gasteiger partial charge in [-0.05, 0) is 23.4 Å². The summed E-state index contributed by atoms with van der Waals surface area (Å²) >= 11 is 1.45. The lowest BCUT2D eigenvalue weighted by molar-refractivity contribution is 0.554. The van der Waals surface area contributed by atoms with Crippen LogP contribution in [0.15, 0.2) is 53.7 Å². The van der Waals surface area contributed by atoms with Crippen LogP contribution >= 0.6 is 11.3 Å². The smallest absolute Gasteiger partial charge is 0.224 e. The van der Waals surface area contributed by atoms with Crippen LogP contribution in [0.25, 0.3) is 39.7 Å². The summed E-state index contributed by atoms with van der Waals surface area (Å²) in [7, 11) is 0. The van der Waals surface area contributed by atoms with Crippen molar-refractivity contribution >= 4 is 22.9 Å². The first-order chi connectivity index (χ1) is 17.2. The highest BCUT2D eigenvalue weighted by molar-refractivity contribution is 7.07. The number of nitriles is 1. The van der Waals surface area contributed by atoms with Gasteiger partial charge in [0.05, 0.1) is 34.1 Å². The molecule has 0 saturated carbocycles. The standard InChI is InChI=1S/C21H13N13S/c22-7-12-2-1-3-13(6-12)18-17(14-4-5-24-10-25-14)20-27-16(30-34(20)21(23)28-18)8-33-31-19(29-32-33)15-9-35-11-26-15/h1-6,9-11H,8H2,(H2,23,28). The number of tetrazole rings is 1. The first-order valence-corrected chi connectivity index (χ1v) is 11.1. The summed E-state index contributed by atoms with van der Waals surface area (Å²) in [4.78, 5) is 23.3. The van der Waals surface area contributed by atoms with Gasteiger partial charge in [0.2, 0.25) is 11.8 Å². The van der Waals surface area contributed by atoms with E-state index < -0.39 is 0 Å². The van der Waals surface area contributed by atoms with Gasteiger partial charge >= 0.3 is 0 Å². The van der Waals surface area contributed by atoms with Crippen LogP contribution in [0.5, 0.6) is 0 Å². The third-order valence-corrected chi connectivity index (χ3v) is 5.64. The highest BCUT2D eigenvalue weighted by atomic mass is 32.1. The number of thiazole rings is 1. The van der Waals surface area contributed by atoms with E-state index in [-0.39, 0.29) is 12.5 Å². The Kier molecular flexibility index (Phi) is 4.86. The lowest BCUT2D eigenvalue weighted by atomic mass is 10.0. The second-order valence-corrected chi connectivity index (χ2v) is 7.98. The van der Waals surface area contributed by atoms with Gasteiger partial charge < -0.3 is 5.73 Å². The molecule has 0 radical (unpaired) electrons. The van der Waals surface area contributed by atoms with Crippen molar-refractivity contribution in [1.29, 1.82) is 5.26 Å². The largest absolute Gasteiger partial charge is 0.368 e. The van der Waals surface area contributed by atoms with Crippen LogP contribution in [-0.2, 0) is 6.54 Å². The molecule has 0 bridgehead atoms. The lowest BCUT2D eigenvalue weighted by Crippen LogP contribution is -2.07. The number of rotatable bonds is 5. The Balaban J connectivity index is 1.49. The van der Waals surface area contributed by atoms with Crippen molar-refractivity contribution in [2.24, 2.45) is 0 Å². The van der Waals surface area contributed by atoms with Crippen LogP contribution < -0.4 is 5.73 Å². The van der Waals surface area contributed by atoms with Crippen LogP contribution in [0.1, 0.15) is 11.4 Å². The second kappa shape index (κ2) is 8.32. The van der Waals surface area contributed by atoms with Crippen LogP contribution in [0.2, 0.25) is 0 Å². The summed E-state index contributed by atoms with van der Waals surface area (Å²) in [5.74, 6) is 0.945. The molecule has 0 unspecified atom stereocenters. The summed E-state index contributed by atoms with van der Waals surface area (Å²) in [6.45, 7) is 0.153. The van der Waals surface area contributed by atoms with E-state index in [1.54, 1.807) is 36.0 Å². The minimum absolute atomic E-state index is 0.128. The molecule has 0 saturated heterocycles. The Bertz CT molecular complexity index is 1700. The number of anilines is 1. The fraction of sp³-hybridized carbons (Fsp3) is 0.0476. The number of aromatic nitrogens is 11. The third-order valence-electron chi connectivity index (χ3n) is 5.06. The molecule has 14 heteroatoms. The van der Waals surface area contributed by atoms with Gasteiger partial charge in [0.1, 0.15) is 18.6 Å². The molecule has 0 fully saturated rings. The van der Waals surface area contributed by atoms with E-state index in [1.807, 2.05) is 11.4 Å². The number of nitrogens with zero attached hydrogens (tertiary/aromatic N) is 12. The minimum Gasteiger partial charge on any atom is -0.368 e. The van der Waals surface area contributed by atoms with Crippen LogP contribution in [-0.4, -0.2) is 54.7 Å². The molecule has 2 N–H and O–H groups in total. The zero-order valence-corrected chi connectivity index (χ0v) is 18.6. The first kappa shape index (κ1) is 20.4. The predicted octanol–water partition coefficient (Wildman–Crippen LogP) is 1.86. The van der Waals surface area contributed by atoms with Crippen molar-refractivity contribution in [1.82, 2.24) is 54.7 Å². The van der Waals surface area contributed by atoms with Crippen molar-refractivity contribution in [2.45, 2.75) is 6.54 Å². The molecule has 5 heterocycles. The Labute approximate surface area is 200 Å². The Morgan fingerprint density at radius 1 is 1.09 bits per heavy atom. The molecule has 5 aromatic heterocycles. The molecule has 0 aliphatic carbocycles. The van der Waals surface area contributed by atoms with Gasteiger partial charge in [-0.2, -0.15) is 14.6 Å². The maximum Gasteiger partial charge on any atom is 0.224 e. The highest BCUT2D eigenvalue weighted by Crippen LogP contribution is 2.33. The zero-order chi connectivity index (χ0) is 23.8. The van der Waals surface area contributed by atoms with Gasteiger partial charge in [0.15, 0.2) is 11.5 Å². The average Bonchev–Trinajstić information content (AvgIpc) is 3.66. The van der Waals surface area contributed by atoms with E-state index >= 15 is 0 Å². The summed E-state index contributed by atoms with van der Waals surface area (Å²) in [5.41, 5.74) is 12.0. The van der Waals surface area contributed by atoms with E-state index in [0.29, 0.717) is 51.1 Å². The molecular formula is C21H13N13S. The molecule has 6 aromatic rings. The summed E-state index contributed by atoms with van der Waals surface area (Å²) < 4.78 is 1.45. The number of nitrogens with two attached hydrogens (primary N) is 1. The zero-order valence-electron chi connectivity index (χ0n) is 17.8. The van der Waals surface area contributed by atoms with Crippen LogP contribution in [0.4, 0.5) is 5.95 Å². The van der Waals surface area contributed by atoms with Gasteiger partial charge in [-0.3, -0.25) is 0 Å². The first-order valence-electron chi connectivity index (χ1n) is 10.2. The van der Waals surface area contributed by atoms with E-state index in [4.69, 9.17) is 10.7 Å². The monoisotopic (exact) mass is 479 g/mol. The predicted molar refractivity (Wildman–Crippen MR) is 124 cm³/mol. The van der Waals surface area contributed by atoms with Crippen molar-refractivity contribution in [3.8, 4) is 40.1 Å². The Hall–Kier alpha value is -5.16. The van der Waals surface area contributed by atoms with Crippen molar-refractivity contribution in [3.05, 3.63) is 65.1 Å². The highest BCUT2D eigenvalue weighted by Gasteiger charge is 2.21. The average molecular weight is 479 g/mol. The Morgan fingerprint density at radius 3 is 2.83 bits per heavy atom. The fourth-order valence-electron chi connectivity index (χ4n) is 3.55. The van der Waals surface area contributed by atoms with E-state index in [0.717, 1.165) is 0 Å². The molecule has 168 valence electrons. The maximum atomic E-state index is 9.36. The number of fused-ring (bicyclic) bond motifs is 1. The van der Waals surface area contributed by atoms with Gasteiger partial charge in [0.25, 0.3) is 0 Å². The number of nitrogen functional groups attached to an aromatic ring is 1. The second-order valence-electron chi connectivity index (χ2n) is 7.26. The quantitative estimate of drug-likeness (QED) is 0.382. The van der Waals surface area contributed by atoms with E-state index in [2.05, 4.69) is 46.5 Å². The molecule has 0 atom stereocenters. The molecule has 0 spiro atoms. The molecule has 13 nitrogen and oxygen atoms in total. The summed E-state index contributed by atoms with van der Waals surface area (Å²) in [6, 6.07) is 11.0. The molecule has 0 aliphatic heterocycles. The number of hydrogen-bond acceptors (Lipinski definition) is 12. The van der Waals surface area contributed by atoms with Crippen LogP contribution in [0.3, 0.4) is 0 Å². The maximum absolute atomic E-state index is 9.36. The van der Waals surface area contributed by atoms with Crippen molar-refractivity contribution in [2.75, 3.05) is 5.73 Å². The fourth-order valence-corrected chi connectivity index (χ4v) is 4.08. The van der Waals surface area contributed by atoms with Gasteiger partial charge in [-0.15, -0.1) is 26.6 Å². The van der Waals surface area contributed by atoms with Crippen molar-refractivity contribution < 1.29 is 0 Å². The van der Waals surface area contributed by atoms with E-state index in [1.165, 1.54) is 27.0 Å². The third kappa shape index (κ3) is 3.71. The SMILES string of the molecule is N#Cc1cccc(-c2nc(N)n3nc(Cn4nnc(-c5cscn5)n4)nc3c2-c2ccncn2)c1. The number of hydrogen-bond donors (Lipinski definition) is 1. The molecular weight excluding hydrogens is 466 g/mol. The van der Waals surface area contributed by atoms with E-state index in [9.17, 15) is 5.26 Å². The van der Waals surface area contributed by atoms with Crippen molar-refractivity contribution in [3.63, 3.8) is 0 Å². The topological polar surface area (TPSA) is 175 Å². The molecule has 35 heavy (non-hydrogen) atoms. The molecule has 0 amide bonds. The molecule has 0 aliphatic rings. The van der Waals surface area contributed by atoms with Gasteiger partial charge in [-0.25, -0.2) is 24.9 Å². The number of benzene rings is 1. The summed E-state index contributed by atoms with van der Waals surface area (Å²) in [6.07, 6.45) is 3.07. The molecule has 6 rings (SSSR count). The normalized spacial score (nSPS) is 11.1. The Morgan fingerprint density at radius 2 is 2.03 bits per heavy atom. The van der Waals surface area contributed by atoms with Gasteiger partial charge in [-0.1, -0.05) is 12.1 Å². The molecule has 1 aromatic carbocycles. The minimum atomic E-state index is 0.128. The van der Waals surface area contributed by atoms with Crippen LogP contribution in [0, 0.1) is 11.3 Å². The lowest BCUT2D eigenvalue weighted by Gasteiger charge is -2.11.